The van der Waals surface area contributed by atoms with E-state index in [9.17, 15) is 9.18 Å². The summed E-state index contributed by atoms with van der Waals surface area (Å²) in [6.45, 7) is 5.79. The second kappa shape index (κ2) is 6.95. The molecule has 0 amide bonds. The Bertz CT molecular complexity index is 529. The molecule has 0 heterocycles. The summed E-state index contributed by atoms with van der Waals surface area (Å²) in [5, 5.41) is 0. The SMILES string of the molecule is CC(=NC(C=O)=C(C)C)c1ccc(CCN)c(F)c1. The Hall–Kier alpha value is -1.81. The maximum Gasteiger partial charge on any atom is 0.168 e. The van der Waals surface area contributed by atoms with Gasteiger partial charge in [0.1, 0.15) is 11.5 Å². The second-order valence-corrected chi connectivity index (χ2v) is 4.55. The van der Waals surface area contributed by atoms with Gasteiger partial charge in [0.25, 0.3) is 0 Å². The van der Waals surface area contributed by atoms with Crippen LogP contribution in [-0.2, 0) is 11.2 Å². The van der Waals surface area contributed by atoms with Crippen LogP contribution in [0.1, 0.15) is 31.9 Å². The molecule has 1 rings (SSSR count). The fraction of sp³-hybridized carbons (Fsp3) is 0.333. The van der Waals surface area contributed by atoms with Gasteiger partial charge in [-0.15, -0.1) is 0 Å². The van der Waals surface area contributed by atoms with Crippen LogP contribution in [0, 0.1) is 5.82 Å². The van der Waals surface area contributed by atoms with Gasteiger partial charge in [0.05, 0.1) is 0 Å². The quantitative estimate of drug-likeness (QED) is 0.504. The van der Waals surface area contributed by atoms with Gasteiger partial charge in [-0.3, -0.25) is 4.79 Å². The fourth-order valence-corrected chi connectivity index (χ4v) is 1.63. The Balaban J connectivity index is 3.10. The number of nitrogens with two attached hydrogens (primary N) is 1. The highest BCUT2D eigenvalue weighted by Gasteiger charge is 2.06. The third-order valence-corrected chi connectivity index (χ3v) is 2.80. The van der Waals surface area contributed by atoms with E-state index in [1.807, 2.05) is 13.8 Å². The van der Waals surface area contributed by atoms with Crippen molar-refractivity contribution in [2.24, 2.45) is 10.7 Å². The number of aldehydes is 1. The van der Waals surface area contributed by atoms with Crippen molar-refractivity contribution >= 4 is 12.0 Å². The average Bonchev–Trinajstić information content (AvgIpc) is 2.37. The van der Waals surface area contributed by atoms with E-state index >= 15 is 0 Å². The van der Waals surface area contributed by atoms with Crippen molar-refractivity contribution in [3.05, 3.63) is 46.4 Å². The number of benzene rings is 1. The first kappa shape index (κ1) is 15.2. The van der Waals surface area contributed by atoms with Crippen LogP contribution in [0.5, 0.6) is 0 Å². The molecule has 0 saturated heterocycles. The lowest BCUT2D eigenvalue weighted by Crippen LogP contribution is -2.06. The van der Waals surface area contributed by atoms with E-state index in [2.05, 4.69) is 4.99 Å². The van der Waals surface area contributed by atoms with E-state index in [-0.39, 0.29) is 5.82 Å². The lowest BCUT2D eigenvalue weighted by Gasteiger charge is -2.06. The molecular formula is C15H19FN2O. The van der Waals surface area contributed by atoms with Gasteiger partial charge < -0.3 is 5.73 Å². The summed E-state index contributed by atoms with van der Waals surface area (Å²) in [5.74, 6) is -0.289. The number of aliphatic imine (C=N–C) groups is 1. The number of allylic oxidation sites excluding steroid dienone is 2. The molecule has 1 aromatic carbocycles. The van der Waals surface area contributed by atoms with Gasteiger partial charge in [0, 0.05) is 5.71 Å². The van der Waals surface area contributed by atoms with Gasteiger partial charge >= 0.3 is 0 Å². The zero-order chi connectivity index (χ0) is 14.4. The maximum atomic E-state index is 13.8. The minimum atomic E-state index is -0.289. The molecule has 19 heavy (non-hydrogen) atoms. The molecule has 0 saturated carbocycles. The zero-order valence-corrected chi connectivity index (χ0v) is 11.5. The molecule has 102 valence electrons. The lowest BCUT2D eigenvalue weighted by molar-refractivity contribution is -0.105. The lowest BCUT2D eigenvalue weighted by atomic mass is 10.1. The summed E-state index contributed by atoms with van der Waals surface area (Å²) < 4.78 is 13.8. The highest BCUT2D eigenvalue weighted by atomic mass is 19.1. The average molecular weight is 262 g/mol. The molecule has 0 fully saturated rings. The molecular weight excluding hydrogens is 243 g/mol. The number of carbonyl (C=O) groups excluding carboxylic acids is 1. The molecule has 0 atom stereocenters. The fourth-order valence-electron chi connectivity index (χ4n) is 1.63. The third-order valence-electron chi connectivity index (χ3n) is 2.80. The molecule has 3 nitrogen and oxygen atoms in total. The summed E-state index contributed by atoms with van der Waals surface area (Å²) in [4.78, 5) is 15.1. The summed E-state index contributed by atoms with van der Waals surface area (Å²) in [7, 11) is 0. The summed E-state index contributed by atoms with van der Waals surface area (Å²) in [5.41, 5.74) is 8.49. The Morgan fingerprint density at radius 1 is 1.37 bits per heavy atom. The van der Waals surface area contributed by atoms with Crippen molar-refractivity contribution in [1.29, 1.82) is 0 Å². The maximum absolute atomic E-state index is 13.8. The van der Waals surface area contributed by atoms with Crippen LogP contribution in [0.2, 0.25) is 0 Å². The molecule has 4 heteroatoms. The third kappa shape index (κ3) is 4.10. The second-order valence-electron chi connectivity index (χ2n) is 4.55. The molecule has 0 unspecified atom stereocenters. The van der Waals surface area contributed by atoms with Crippen molar-refractivity contribution in [3.63, 3.8) is 0 Å². The number of hydrogen-bond donors (Lipinski definition) is 1. The molecule has 0 bridgehead atoms. The predicted octanol–water partition coefficient (Wildman–Crippen LogP) is 2.63. The Morgan fingerprint density at radius 2 is 2.05 bits per heavy atom. The van der Waals surface area contributed by atoms with Crippen molar-refractivity contribution < 1.29 is 9.18 Å². The molecule has 0 aliphatic rings. The van der Waals surface area contributed by atoms with Gasteiger partial charge in [0.2, 0.25) is 0 Å². The summed E-state index contributed by atoms with van der Waals surface area (Å²) in [6.07, 6.45) is 1.22. The Morgan fingerprint density at radius 3 is 2.53 bits per heavy atom. The molecule has 0 aliphatic carbocycles. The van der Waals surface area contributed by atoms with Gasteiger partial charge in [-0.1, -0.05) is 12.1 Å². The topological polar surface area (TPSA) is 55.5 Å². The van der Waals surface area contributed by atoms with Crippen LogP contribution >= 0.6 is 0 Å². The largest absolute Gasteiger partial charge is 0.330 e. The van der Waals surface area contributed by atoms with E-state index < -0.39 is 0 Å². The molecule has 1 aromatic rings. The highest BCUT2D eigenvalue weighted by Crippen LogP contribution is 2.13. The van der Waals surface area contributed by atoms with Crippen molar-refractivity contribution in [1.82, 2.24) is 0 Å². The standard InChI is InChI=1S/C15H19FN2O/c1-10(2)15(9-19)18-11(3)13-5-4-12(6-7-17)14(16)8-13/h4-5,8-9H,6-7,17H2,1-3H3. The van der Waals surface area contributed by atoms with Crippen LogP contribution in [-0.4, -0.2) is 18.5 Å². The Labute approximate surface area is 113 Å². The van der Waals surface area contributed by atoms with Crippen LogP contribution in [0.4, 0.5) is 4.39 Å². The summed E-state index contributed by atoms with van der Waals surface area (Å²) in [6, 6.07) is 4.93. The van der Waals surface area contributed by atoms with Gasteiger partial charge in [-0.2, -0.15) is 0 Å². The molecule has 0 radical (unpaired) electrons. The van der Waals surface area contributed by atoms with E-state index in [0.29, 0.717) is 41.8 Å². The zero-order valence-electron chi connectivity index (χ0n) is 11.5. The highest BCUT2D eigenvalue weighted by molar-refractivity contribution is 6.01. The number of rotatable bonds is 5. The summed E-state index contributed by atoms with van der Waals surface area (Å²) >= 11 is 0. The van der Waals surface area contributed by atoms with Gasteiger partial charge in [-0.25, -0.2) is 9.38 Å². The first-order valence-corrected chi connectivity index (χ1v) is 6.16. The van der Waals surface area contributed by atoms with Gasteiger partial charge in [0.15, 0.2) is 6.29 Å². The molecule has 0 aliphatic heterocycles. The first-order valence-electron chi connectivity index (χ1n) is 6.16. The predicted molar refractivity (Wildman–Crippen MR) is 75.8 cm³/mol. The smallest absolute Gasteiger partial charge is 0.168 e. The molecule has 0 aromatic heterocycles. The van der Waals surface area contributed by atoms with Crippen molar-refractivity contribution in [2.45, 2.75) is 27.2 Å². The minimum absolute atomic E-state index is 0.289. The van der Waals surface area contributed by atoms with Crippen molar-refractivity contribution in [3.8, 4) is 0 Å². The van der Waals surface area contributed by atoms with E-state index in [0.717, 1.165) is 5.57 Å². The Kier molecular flexibility index (Phi) is 5.57. The van der Waals surface area contributed by atoms with E-state index in [1.54, 1.807) is 19.1 Å². The van der Waals surface area contributed by atoms with Crippen LogP contribution < -0.4 is 5.73 Å². The molecule has 0 spiro atoms. The van der Waals surface area contributed by atoms with Crippen LogP contribution in [0.15, 0.2) is 34.5 Å². The number of nitrogens with zero attached hydrogens (tertiary/aromatic N) is 1. The normalized spacial score (nSPS) is 11.3. The van der Waals surface area contributed by atoms with Crippen molar-refractivity contribution in [2.75, 3.05) is 6.54 Å². The monoisotopic (exact) mass is 262 g/mol. The number of halogens is 1. The van der Waals surface area contributed by atoms with Crippen LogP contribution in [0.25, 0.3) is 0 Å². The molecule has 2 N–H and O–H groups in total. The number of hydrogen-bond acceptors (Lipinski definition) is 3. The first-order chi connectivity index (χ1) is 8.99. The number of carbonyl (C=O) groups is 1. The van der Waals surface area contributed by atoms with Gasteiger partial charge in [-0.05, 0) is 56.5 Å². The van der Waals surface area contributed by atoms with E-state index in [1.165, 1.54) is 6.07 Å². The van der Waals surface area contributed by atoms with E-state index in [4.69, 9.17) is 5.73 Å². The minimum Gasteiger partial charge on any atom is -0.330 e. The van der Waals surface area contributed by atoms with Crippen LogP contribution in [0.3, 0.4) is 0 Å².